The van der Waals surface area contributed by atoms with Crippen LogP contribution in [0.1, 0.15) is 47.2 Å². The van der Waals surface area contributed by atoms with E-state index in [-0.39, 0.29) is 36.1 Å². The lowest BCUT2D eigenvalue weighted by molar-refractivity contribution is -0.156. The lowest BCUT2D eigenvalue weighted by Crippen LogP contribution is -2.46. The monoisotopic (exact) mass is 442 g/mol. The molecule has 168 valence electrons. The number of rotatable bonds is 7. The van der Waals surface area contributed by atoms with Gasteiger partial charge in [0.2, 0.25) is 0 Å². The molecule has 31 heavy (non-hydrogen) atoms. The fraction of sp³-hybridized carbons (Fsp3) is 0.550. The number of nitrogens with zero attached hydrogens (tertiary/aromatic N) is 2. The van der Waals surface area contributed by atoms with Crippen molar-refractivity contribution in [1.82, 2.24) is 20.5 Å². The first-order valence-corrected chi connectivity index (χ1v) is 9.82. The summed E-state index contributed by atoms with van der Waals surface area (Å²) >= 11 is 0. The Balaban J connectivity index is 1.61. The molecule has 0 bridgehead atoms. The molecule has 4 rings (SSSR count). The summed E-state index contributed by atoms with van der Waals surface area (Å²) in [6.07, 6.45) is -1.78. The third kappa shape index (κ3) is 4.36. The third-order valence-corrected chi connectivity index (χ3v) is 5.64. The highest BCUT2D eigenvalue weighted by Gasteiger charge is 2.47. The second-order valence-corrected chi connectivity index (χ2v) is 8.29. The zero-order chi connectivity index (χ0) is 22.4. The molecular formula is C20H22F4N4O3. The standard InChI is InChI=1S/C20H22F4N4O3/c1-11-5-16(28-27-11)18(2,12-3-4-12)26-17(29)14-6-15(31-10-20(22,23)24)13(7-25-14)19(21)8-30-9-19/h5-7,12H,3-4,8-10H2,1-2H3,(H,26,29)(H,27,28). The van der Waals surface area contributed by atoms with E-state index in [9.17, 15) is 22.4 Å². The minimum Gasteiger partial charge on any atom is -0.484 e. The van der Waals surface area contributed by atoms with Crippen LogP contribution in [-0.2, 0) is 15.9 Å². The van der Waals surface area contributed by atoms with Gasteiger partial charge in [0, 0.05) is 18.0 Å². The number of carbonyl (C=O) groups excluding carboxylic acids is 1. The Morgan fingerprint density at radius 1 is 1.35 bits per heavy atom. The number of halogens is 4. The topological polar surface area (TPSA) is 89.1 Å². The zero-order valence-electron chi connectivity index (χ0n) is 17.0. The van der Waals surface area contributed by atoms with Crippen LogP contribution in [0.3, 0.4) is 0 Å². The van der Waals surface area contributed by atoms with Crippen LogP contribution in [0, 0.1) is 12.8 Å². The molecule has 1 aliphatic carbocycles. The van der Waals surface area contributed by atoms with Gasteiger partial charge in [-0.3, -0.25) is 14.9 Å². The van der Waals surface area contributed by atoms with Crippen molar-refractivity contribution in [3.8, 4) is 5.75 Å². The molecule has 1 amide bonds. The number of alkyl halides is 4. The number of hydrogen-bond acceptors (Lipinski definition) is 5. The van der Waals surface area contributed by atoms with Crippen LogP contribution >= 0.6 is 0 Å². The fourth-order valence-electron chi connectivity index (χ4n) is 3.63. The lowest BCUT2D eigenvalue weighted by Gasteiger charge is -2.35. The average Bonchev–Trinajstić information content (AvgIpc) is 3.45. The van der Waals surface area contributed by atoms with E-state index in [1.165, 1.54) is 0 Å². The van der Waals surface area contributed by atoms with E-state index in [4.69, 9.17) is 9.47 Å². The number of hydrogen-bond donors (Lipinski definition) is 2. The number of pyridine rings is 1. The SMILES string of the molecule is Cc1cc(C(C)(NC(=O)c2cc(OCC(F)(F)F)c(C3(F)COC3)cn2)C2CC2)n[nH]1. The van der Waals surface area contributed by atoms with E-state index < -0.39 is 29.9 Å². The molecule has 2 aromatic heterocycles. The first kappa shape index (κ1) is 21.5. The number of aryl methyl sites for hydroxylation is 1. The molecule has 2 aliphatic rings. The van der Waals surface area contributed by atoms with Crippen molar-refractivity contribution < 1.29 is 31.8 Å². The van der Waals surface area contributed by atoms with E-state index in [0.717, 1.165) is 30.8 Å². The summed E-state index contributed by atoms with van der Waals surface area (Å²) in [6.45, 7) is 1.43. The molecule has 1 aliphatic heterocycles. The molecule has 0 radical (unpaired) electrons. The minimum absolute atomic E-state index is 0.167. The molecular weight excluding hydrogens is 420 g/mol. The summed E-state index contributed by atoms with van der Waals surface area (Å²) in [5.74, 6) is -0.830. The van der Waals surface area contributed by atoms with Crippen molar-refractivity contribution in [3.63, 3.8) is 0 Å². The molecule has 1 saturated heterocycles. The molecule has 2 N–H and O–H groups in total. The normalized spacial score (nSPS) is 19.9. The second-order valence-electron chi connectivity index (χ2n) is 8.29. The summed E-state index contributed by atoms with van der Waals surface area (Å²) in [5, 5.41) is 10.0. The summed E-state index contributed by atoms with van der Waals surface area (Å²) in [4.78, 5) is 17.0. The Labute approximate surface area is 175 Å². The Bertz CT molecular complexity index is 985. The van der Waals surface area contributed by atoms with Gasteiger partial charge in [0.1, 0.15) is 11.4 Å². The second kappa shape index (κ2) is 7.47. The number of carbonyl (C=O) groups is 1. The molecule has 3 heterocycles. The lowest BCUT2D eigenvalue weighted by atomic mass is 9.91. The van der Waals surface area contributed by atoms with Crippen molar-refractivity contribution >= 4 is 5.91 Å². The van der Waals surface area contributed by atoms with E-state index in [1.54, 1.807) is 0 Å². The van der Waals surface area contributed by atoms with Gasteiger partial charge < -0.3 is 14.8 Å². The number of ether oxygens (including phenoxy) is 2. The van der Waals surface area contributed by atoms with Crippen LogP contribution < -0.4 is 10.1 Å². The summed E-state index contributed by atoms with van der Waals surface area (Å²) < 4.78 is 62.6. The number of aromatic amines is 1. The van der Waals surface area contributed by atoms with Crippen LogP contribution in [-0.4, -0.2) is 47.1 Å². The van der Waals surface area contributed by atoms with Gasteiger partial charge in [-0.1, -0.05) is 0 Å². The van der Waals surface area contributed by atoms with Gasteiger partial charge in [-0.25, -0.2) is 4.39 Å². The van der Waals surface area contributed by atoms with Gasteiger partial charge in [0.05, 0.1) is 30.0 Å². The Hall–Kier alpha value is -2.69. The smallest absolute Gasteiger partial charge is 0.422 e. The summed E-state index contributed by atoms with van der Waals surface area (Å²) in [5.41, 5.74) is -1.65. The summed E-state index contributed by atoms with van der Waals surface area (Å²) in [6, 6.07) is 2.87. The maximum Gasteiger partial charge on any atom is 0.422 e. The minimum atomic E-state index is -4.62. The van der Waals surface area contributed by atoms with Gasteiger partial charge in [0.15, 0.2) is 12.3 Å². The number of nitrogens with one attached hydrogen (secondary N) is 2. The number of H-pyrrole nitrogens is 1. The van der Waals surface area contributed by atoms with E-state index >= 15 is 0 Å². The Kier molecular flexibility index (Phi) is 5.19. The molecule has 7 nitrogen and oxygen atoms in total. The van der Waals surface area contributed by atoms with Crippen molar-refractivity contribution in [2.24, 2.45) is 5.92 Å². The molecule has 0 spiro atoms. The van der Waals surface area contributed by atoms with Crippen LogP contribution in [0.5, 0.6) is 5.75 Å². The highest BCUT2D eigenvalue weighted by atomic mass is 19.4. The van der Waals surface area contributed by atoms with E-state index in [1.807, 2.05) is 19.9 Å². The molecule has 2 aromatic rings. The average molecular weight is 442 g/mol. The molecule has 1 saturated carbocycles. The largest absolute Gasteiger partial charge is 0.484 e. The Morgan fingerprint density at radius 2 is 2.06 bits per heavy atom. The van der Waals surface area contributed by atoms with Crippen molar-refractivity contribution in [2.45, 2.75) is 44.1 Å². The van der Waals surface area contributed by atoms with Crippen LogP contribution in [0.15, 0.2) is 18.3 Å². The maximum atomic E-state index is 14.8. The van der Waals surface area contributed by atoms with Gasteiger partial charge >= 0.3 is 6.18 Å². The van der Waals surface area contributed by atoms with Gasteiger partial charge in [0.25, 0.3) is 5.91 Å². The van der Waals surface area contributed by atoms with Crippen molar-refractivity contribution in [1.29, 1.82) is 0 Å². The van der Waals surface area contributed by atoms with Crippen molar-refractivity contribution in [3.05, 3.63) is 41.0 Å². The van der Waals surface area contributed by atoms with Gasteiger partial charge in [-0.2, -0.15) is 18.3 Å². The highest BCUT2D eigenvalue weighted by Crippen LogP contribution is 2.45. The highest BCUT2D eigenvalue weighted by molar-refractivity contribution is 5.93. The number of amides is 1. The molecule has 1 atom stereocenters. The fourth-order valence-corrected chi connectivity index (χ4v) is 3.63. The first-order valence-electron chi connectivity index (χ1n) is 9.82. The Morgan fingerprint density at radius 3 is 2.58 bits per heavy atom. The van der Waals surface area contributed by atoms with Gasteiger partial charge in [-0.15, -0.1) is 0 Å². The predicted molar refractivity (Wildman–Crippen MR) is 100 cm³/mol. The van der Waals surface area contributed by atoms with E-state index in [0.29, 0.717) is 5.69 Å². The third-order valence-electron chi connectivity index (χ3n) is 5.64. The predicted octanol–water partition coefficient (Wildman–Crippen LogP) is 3.30. The molecule has 0 aromatic carbocycles. The van der Waals surface area contributed by atoms with Crippen LogP contribution in [0.2, 0.25) is 0 Å². The van der Waals surface area contributed by atoms with E-state index in [2.05, 4.69) is 20.5 Å². The van der Waals surface area contributed by atoms with Crippen molar-refractivity contribution in [2.75, 3.05) is 19.8 Å². The first-order chi connectivity index (χ1) is 14.5. The zero-order valence-corrected chi connectivity index (χ0v) is 17.0. The molecule has 1 unspecified atom stereocenters. The molecule has 11 heteroatoms. The number of aromatic nitrogens is 3. The quantitative estimate of drug-likeness (QED) is 0.643. The van der Waals surface area contributed by atoms with Crippen LogP contribution in [0.25, 0.3) is 0 Å². The summed E-state index contributed by atoms with van der Waals surface area (Å²) in [7, 11) is 0. The maximum absolute atomic E-state index is 14.8. The van der Waals surface area contributed by atoms with Gasteiger partial charge in [-0.05, 0) is 38.7 Å². The molecule has 2 fully saturated rings. The van der Waals surface area contributed by atoms with Crippen LogP contribution in [0.4, 0.5) is 17.6 Å².